The van der Waals surface area contributed by atoms with E-state index in [4.69, 9.17) is 4.52 Å². The van der Waals surface area contributed by atoms with Crippen LogP contribution in [0.5, 0.6) is 0 Å². The van der Waals surface area contributed by atoms with Gasteiger partial charge in [-0.25, -0.2) is 4.79 Å². The van der Waals surface area contributed by atoms with Crippen molar-refractivity contribution in [3.8, 4) is 11.1 Å². The molecule has 3 rings (SSSR count). The van der Waals surface area contributed by atoms with E-state index in [0.29, 0.717) is 22.4 Å². The number of nitrogens with zero attached hydrogens (tertiary/aromatic N) is 2. The largest absolute Gasteiger partial charge is 0.478 e. The maximum atomic E-state index is 11.4. The number of aryl methyl sites for hydroxylation is 3. The molecule has 5 nitrogen and oxygen atoms in total. The van der Waals surface area contributed by atoms with Gasteiger partial charge < -0.3 is 9.63 Å². The first-order valence-corrected chi connectivity index (χ1v) is 6.55. The summed E-state index contributed by atoms with van der Waals surface area (Å²) in [5, 5.41) is 13.9. The maximum Gasteiger partial charge on any atom is 0.336 e. The highest BCUT2D eigenvalue weighted by atomic mass is 16.5. The molecule has 0 spiro atoms. The van der Waals surface area contributed by atoms with Gasteiger partial charge in [0.25, 0.3) is 0 Å². The van der Waals surface area contributed by atoms with Crippen molar-refractivity contribution in [2.24, 2.45) is 0 Å². The molecule has 5 heteroatoms. The Labute approximate surface area is 121 Å². The van der Waals surface area contributed by atoms with Gasteiger partial charge in [0, 0.05) is 16.6 Å². The number of hydrogen-bond acceptors (Lipinski definition) is 4. The predicted molar refractivity (Wildman–Crippen MR) is 78.4 cm³/mol. The Morgan fingerprint density at radius 3 is 2.57 bits per heavy atom. The van der Waals surface area contributed by atoms with Gasteiger partial charge in [0.1, 0.15) is 5.76 Å². The second-order valence-corrected chi connectivity index (χ2v) is 5.05. The minimum atomic E-state index is -0.957. The lowest BCUT2D eigenvalue weighted by atomic mass is 9.99. The summed E-state index contributed by atoms with van der Waals surface area (Å²) in [6, 6.07) is 7.16. The Bertz CT molecular complexity index is 846. The minimum Gasteiger partial charge on any atom is -0.478 e. The normalized spacial score (nSPS) is 11.0. The van der Waals surface area contributed by atoms with Crippen LogP contribution in [0.2, 0.25) is 0 Å². The molecule has 0 saturated heterocycles. The molecule has 2 heterocycles. The predicted octanol–water partition coefficient (Wildman–Crippen LogP) is 3.51. The molecule has 0 aliphatic heterocycles. The lowest BCUT2D eigenvalue weighted by Crippen LogP contribution is -2.00. The van der Waals surface area contributed by atoms with E-state index in [9.17, 15) is 9.90 Å². The highest BCUT2D eigenvalue weighted by Crippen LogP contribution is 2.30. The van der Waals surface area contributed by atoms with Crippen LogP contribution in [0.25, 0.3) is 22.0 Å². The number of pyridine rings is 1. The summed E-state index contributed by atoms with van der Waals surface area (Å²) >= 11 is 0. The van der Waals surface area contributed by atoms with Crippen LogP contribution < -0.4 is 0 Å². The minimum absolute atomic E-state index is 0.256. The number of carbonyl (C=O) groups is 1. The second-order valence-electron chi connectivity index (χ2n) is 5.05. The van der Waals surface area contributed by atoms with Crippen molar-refractivity contribution in [2.75, 3.05) is 0 Å². The third-order valence-corrected chi connectivity index (χ3v) is 3.49. The molecule has 0 fully saturated rings. The molecule has 1 N–H and O–H groups in total. The first-order chi connectivity index (χ1) is 9.97. The number of carboxylic acid groups (broad SMARTS) is 1. The van der Waals surface area contributed by atoms with Crippen LogP contribution in [-0.2, 0) is 0 Å². The summed E-state index contributed by atoms with van der Waals surface area (Å²) in [5.74, 6) is -0.245. The smallest absolute Gasteiger partial charge is 0.336 e. The fourth-order valence-electron chi connectivity index (χ4n) is 2.59. The molecule has 21 heavy (non-hydrogen) atoms. The molecule has 0 aliphatic carbocycles. The molecule has 0 unspecified atom stereocenters. The summed E-state index contributed by atoms with van der Waals surface area (Å²) in [5.41, 5.74) is 4.17. The van der Waals surface area contributed by atoms with E-state index in [-0.39, 0.29) is 5.56 Å². The molecule has 0 aliphatic rings. The standard InChI is InChI=1S/C16H14N2O3/c1-8-6-13(16(19)20)12-7-11(4-5-14(12)17-8)15-9(2)18-21-10(15)3/h4-7H,1-3H3,(H,19,20). The second kappa shape index (κ2) is 4.70. The third-order valence-electron chi connectivity index (χ3n) is 3.49. The zero-order valence-electron chi connectivity index (χ0n) is 12.0. The topological polar surface area (TPSA) is 76.2 Å². The lowest BCUT2D eigenvalue weighted by Gasteiger charge is -2.07. The molecular formula is C16H14N2O3. The monoisotopic (exact) mass is 282 g/mol. The Hall–Kier alpha value is -2.69. The number of aromatic carboxylic acids is 1. The number of benzene rings is 1. The fourth-order valence-corrected chi connectivity index (χ4v) is 2.59. The zero-order valence-corrected chi connectivity index (χ0v) is 12.0. The molecule has 0 atom stereocenters. The van der Waals surface area contributed by atoms with E-state index < -0.39 is 5.97 Å². The number of carboxylic acids is 1. The quantitative estimate of drug-likeness (QED) is 0.778. The van der Waals surface area contributed by atoms with Crippen molar-refractivity contribution in [3.63, 3.8) is 0 Å². The lowest BCUT2D eigenvalue weighted by molar-refractivity contribution is 0.0699. The first kappa shape index (κ1) is 13.3. The van der Waals surface area contributed by atoms with Crippen molar-refractivity contribution >= 4 is 16.9 Å². The van der Waals surface area contributed by atoms with Gasteiger partial charge in [-0.15, -0.1) is 0 Å². The Morgan fingerprint density at radius 1 is 1.19 bits per heavy atom. The fraction of sp³-hybridized carbons (Fsp3) is 0.188. The van der Waals surface area contributed by atoms with Gasteiger partial charge in [-0.2, -0.15) is 0 Å². The summed E-state index contributed by atoms with van der Waals surface area (Å²) < 4.78 is 5.18. The van der Waals surface area contributed by atoms with E-state index in [1.54, 1.807) is 13.0 Å². The SMILES string of the molecule is Cc1cc(C(=O)O)c2cc(-c3c(C)noc3C)ccc2n1. The van der Waals surface area contributed by atoms with Crippen molar-refractivity contribution in [3.05, 3.63) is 47.0 Å². The number of aromatic nitrogens is 2. The molecule has 2 aromatic heterocycles. The summed E-state index contributed by atoms with van der Waals surface area (Å²) in [6.07, 6.45) is 0. The van der Waals surface area contributed by atoms with Crippen LogP contribution >= 0.6 is 0 Å². The molecule has 0 bridgehead atoms. The van der Waals surface area contributed by atoms with Gasteiger partial charge in [0.2, 0.25) is 0 Å². The molecule has 106 valence electrons. The summed E-state index contributed by atoms with van der Waals surface area (Å²) in [4.78, 5) is 15.8. The van der Waals surface area contributed by atoms with Gasteiger partial charge in [-0.05, 0) is 44.5 Å². The van der Waals surface area contributed by atoms with Gasteiger partial charge in [-0.1, -0.05) is 11.2 Å². The van der Waals surface area contributed by atoms with Crippen LogP contribution in [0.1, 0.15) is 27.5 Å². The van der Waals surface area contributed by atoms with Gasteiger partial charge >= 0.3 is 5.97 Å². The average molecular weight is 282 g/mol. The Kier molecular flexibility index (Phi) is 2.97. The van der Waals surface area contributed by atoms with E-state index in [1.807, 2.05) is 32.0 Å². The number of rotatable bonds is 2. The van der Waals surface area contributed by atoms with Crippen molar-refractivity contribution < 1.29 is 14.4 Å². The molecule has 0 radical (unpaired) electrons. The maximum absolute atomic E-state index is 11.4. The molecule has 0 saturated carbocycles. The van der Waals surface area contributed by atoms with Crippen LogP contribution in [0.3, 0.4) is 0 Å². The number of hydrogen-bond donors (Lipinski definition) is 1. The molecule has 3 aromatic rings. The summed E-state index contributed by atoms with van der Waals surface area (Å²) in [6.45, 7) is 5.49. The average Bonchev–Trinajstić information content (AvgIpc) is 2.77. The zero-order chi connectivity index (χ0) is 15.1. The van der Waals surface area contributed by atoms with Crippen LogP contribution in [0, 0.1) is 20.8 Å². The van der Waals surface area contributed by atoms with E-state index in [2.05, 4.69) is 10.1 Å². The third kappa shape index (κ3) is 2.16. The van der Waals surface area contributed by atoms with Crippen molar-refractivity contribution in [1.29, 1.82) is 0 Å². The summed E-state index contributed by atoms with van der Waals surface area (Å²) in [7, 11) is 0. The van der Waals surface area contributed by atoms with E-state index in [0.717, 1.165) is 16.8 Å². The van der Waals surface area contributed by atoms with E-state index in [1.165, 1.54) is 0 Å². The van der Waals surface area contributed by atoms with Gasteiger partial charge in [0.05, 0.1) is 16.8 Å². The Morgan fingerprint density at radius 2 is 1.95 bits per heavy atom. The highest BCUT2D eigenvalue weighted by molar-refractivity contribution is 6.03. The van der Waals surface area contributed by atoms with E-state index >= 15 is 0 Å². The number of fused-ring (bicyclic) bond motifs is 1. The molecule has 1 aromatic carbocycles. The van der Waals surface area contributed by atoms with Crippen LogP contribution in [0.15, 0.2) is 28.8 Å². The Balaban J connectivity index is 2.32. The molecule has 0 amide bonds. The van der Waals surface area contributed by atoms with Gasteiger partial charge in [-0.3, -0.25) is 4.98 Å². The van der Waals surface area contributed by atoms with Crippen molar-refractivity contribution in [2.45, 2.75) is 20.8 Å². The molecular weight excluding hydrogens is 268 g/mol. The first-order valence-electron chi connectivity index (χ1n) is 6.55. The van der Waals surface area contributed by atoms with Crippen LogP contribution in [0.4, 0.5) is 0 Å². The van der Waals surface area contributed by atoms with Gasteiger partial charge in [0.15, 0.2) is 0 Å². The highest BCUT2D eigenvalue weighted by Gasteiger charge is 2.15. The van der Waals surface area contributed by atoms with Crippen LogP contribution in [-0.4, -0.2) is 21.2 Å². The van der Waals surface area contributed by atoms with Crippen molar-refractivity contribution in [1.82, 2.24) is 10.1 Å².